The maximum atomic E-state index is 4.28. The van der Waals surface area contributed by atoms with Crippen LogP contribution in [0.25, 0.3) is 0 Å². The van der Waals surface area contributed by atoms with E-state index in [1.807, 2.05) is 6.07 Å². The first-order valence-electron chi connectivity index (χ1n) is 7.34. The Labute approximate surface area is 117 Å². The van der Waals surface area contributed by atoms with E-state index in [4.69, 9.17) is 0 Å². The summed E-state index contributed by atoms with van der Waals surface area (Å²) in [5.74, 6) is 3.80. The minimum Gasteiger partial charge on any atom is -0.370 e. The predicted molar refractivity (Wildman–Crippen MR) is 82.5 cm³/mol. The summed E-state index contributed by atoms with van der Waals surface area (Å²) < 4.78 is 0. The summed E-state index contributed by atoms with van der Waals surface area (Å²) in [7, 11) is 0. The third-order valence-electron chi connectivity index (χ3n) is 3.45. The van der Waals surface area contributed by atoms with Crippen LogP contribution in [-0.4, -0.2) is 23.1 Å². The molecule has 4 nitrogen and oxygen atoms in total. The fraction of sp³-hybridized carbons (Fsp3) is 0.733. The van der Waals surface area contributed by atoms with E-state index in [9.17, 15) is 0 Å². The summed E-state index contributed by atoms with van der Waals surface area (Å²) in [4.78, 5) is 8.49. The van der Waals surface area contributed by atoms with Gasteiger partial charge in [-0.2, -0.15) is 0 Å². The Morgan fingerprint density at radius 2 is 1.58 bits per heavy atom. The first-order valence-corrected chi connectivity index (χ1v) is 7.34. The summed E-state index contributed by atoms with van der Waals surface area (Å²) >= 11 is 0. The van der Waals surface area contributed by atoms with E-state index in [2.05, 4.69) is 55.2 Å². The Balaban J connectivity index is 2.56. The lowest BCUT2D eigenvalue weighted by Gasteiger charge is -2.25. The van der Waals surface area contributed by atoms with Gasteiger partial charge in [0, 0.05) is 19.2 Å². The fourth-order valence-electron chi connectivity index (χ4n) is 2.27. The topological polar surface area (TPSA) is 49.8 Å². The molecule has 0 aliphatic carbocycles. The highest BCUT2D eigenvalue weighted by Crippen LogP contribution is 2.21. The van der Waals surface area contributed by atoms with E-state index in [0.717, 1.165) is 31.1 Å². The van der Waals surface area contributed by atoms with Gasteiger partial charge < -0.3 is 10.6 Å². The second-order valence-corrected chi connectivity index (χ2v) is 5.75. The summed E-state index contributed by atoms with van der Waals surface area (Å²) in [6, 6.07) is 1.98. The third kappa shape index (κ3) is 5.45. The van der Waals surface area contributed by atoms with E-state index in [1.54, 1.807) is 6.33 Å². The Bertz CT molecular complexity index is 355. The number of rotatable bonds is 8. The number of hydrogen-bond donors (Lipinski definition) is 2. The van der Waals surface area contributed by atoms with E-state index in [1.165, 1.54) is 0 Å². The van der Waals surface area contributed by atoms with Gasteiger partial charge in [0.2, 0.25) is 0 Å². The lowest BCUT2D eigenvalue weighted by molar-refractivity contribution is 0.304. The molecule has 0 aromatic carbocycles. The quantitative estimate of drug-likeness (QED) is 0.752. The Morgan fingerprint density at radius 1 is 1.00 bits per heavy atom. The van der Waals surface area contributed by atoms with Crippen molar-refractivity contribution in [3.63, 3.8) is 0 Å². The number of nitrogens with one attached hydrogen (secondary N) is 2. The smallest absolute Gasteiger partial charge is 0.131 e. The van der Waals surface area contributed by atoms with Crippen LogP contribution in [-0.2, 0) is 0 Å². The molecule has 0 atom stereocenters. The van der Waals surface area contributed by atoms with Gasteiger partial charge in [-0.3, -0.25) is 0 Å². The highest BCUT2D eigenvalue weighted by Gasteiger charge is 2.17. The molecule has 0 saturated carbocycles. The molecule has 108 valence electrons. The van der Waals surface area contributed by atoms with Gasteiger partial charge in [0.1, 0.15) is 18.0 Å². The third-order valence-corrected chi connectivity index (χ3v) is 3.45. The van der Waals surface area contributed by atoms with E-state index >= 15 is 0 Å². The molecule has 0 aliphatic rings. The summed E-state index contributed by atoms with van der Waals surface area (Å²) in [6.45, 7) is 13.2. The van der Waals surface area contributed by atoms with Crippen molar-refractivity contribution in [2.75, 3.05) is 23.7 Å². The average Bonchev–Trinajstić information content (AvgIpc) is 2.36. The monoisotopic (exact) mass is 264 g/mol. The fourth-order valence-corrected chi connectivity index (χ4v) is 2.27. The maximum absolute atomic E-state index is 4.28. The molecule has 0 aliphatic heterocycles. The second-order valence-electron chi connectivity index (χ2n) is 5.75. The van der Waals surface area contributed by atoms with Crippen LogP contribution in [0, 0.1) is 17.8 Å². The van der Waals surface area contributed by atoms with Gasteiger partial charge in [-0.25, -0.2) is 9.97 Å². The normalized spacial score (nSPS) is 11.4. The predicted octanol–water partition coefficient (Wildman–Crippen LogP) is 3.64. The van der Waals surface area contributed by atoms with Crippen molar-refractivity contribution in [1.29, 1.82) is 0 Å². The zero-order valence-electron chi connectivity index (χ0n) is 12.9. The number of aromatic nitrogens is 2. The molecule has 19 heavy (non-hydrogen) atoms. The summed E-state index contributed by atoms with van der Waals surface area (Å²) in [6.07, 6.45) is 2.70. The van der Waals surface area contributed by atoms with Gasteiger partial charge in [0.05, 0.1) is 0 Å². The molecule has 0 fully saturated rings. The molecule has 0 unspecified atom stereocenters. The molecule has 0 spiro atoms. The second kappa shape index (κ2) is 7.97. The van der Waals surface area contributed by atoms with Crippen molar-refractivity contribution < 1.29 is 0 Å². The molecule has 1 aromatic heterocycles. The number of hydrogen-bond acceptors (Lipinski definition) is 4. The van der Waals surface area contributed by atoms with E-state index < -0.39 is 0 Å². The van der Waals surface area contributed by atoms with Crippen LogP contribution in [0.3, 0.4) is 0 Å². The van der Waals surface area contributed by atoms with E-state index in [-0.39, 0.29) is 0 Å². The Kier molecular flexibility index (Phi) is 6.60. The highest BCUT2D eigenvalue weighted by molar-refractivity contribution is 5.46. The highest BCUT2D eigenvalue weighted by atomic mass is 15.1. The van der Waals surface area contributed by atoms with Gasteiger partial charge in [0.15, 0.2) is 0 Å². The van der Waals surface area contributed by atoms with E-state index in [0.29, 0.717) is 17.8 Å². The van der Waals surface area contributed by atoms with Crippen molar-refractivity contribution in [3.8, 4) is 0 Å². The molecule has 2 N–H and O–H groups in total. The number of nitrogens with zero attached hydrogens (tertiary/aromatic N) is 2. The zero-order valence-corrected chi connectivity index (χ0v) is 12.9. The molecule has 1 rings (SSSR count). The van der Waals surface area contributed by atoms with Gasteiger partial charge in [-0.05, 0) is 24.2 Å². The van der Waals surface area contributed by atoms with Crippen LogP contribution in [0.5, 0.6) is 0 Å². The molecular formula is C15H28N4. The molecular weight excluding hydrogens is 236 g/mol. The van der Waals surface area contributed by atoms with Crippen LogP contribution >= 0.6 is 0 Å². The van der Waals surface area contributed by atoms with Crippen LogP contribution in [0.2, 0.25) is 0 Å². The van der Waals surface area contributed by atoms with Crippen LogP contribution < -0.4 is 10.6 Å². The van der Waals surface area contributed by atoms with Crippen molar-refractivity contribution in [2.24, 2.45) is 17.8 Å². The van der Waals surface area contributed by atoms with Crippen LogP contribution in [0.1, 0.15) is 41.0 Å². The number of anilines is 2. The zero-order chi connectivity index (χ0) is 14.3. The minimum absolute atomic E-state index is 0.655. The van der Waals surface area contributed by atoms with Crippen LogP contribution in [0.4, 0.5) is 11.6 Å². The Hall–Kier alpha value is -1.32. The van der Waals surface area contributed by atoms with Crippen molar-refractivity contribution in [3.05, 3.63) is 12.4 Å². The van der Waals surface area contributed by atoms with Gasteiger partial charge in [-0.1, -0.05) is 34.6 Å². The van der Waals surface area contributed by atoms with Gasteiger partial charge >= 0.3 is 0 Å². The van der Waals surface area contributed by atoms with Crippen molar-refractivity contribution >= 4 is 11.6 Å². The first-order chi connectivity index (χ1) is 9.04. The van der Waals surface area contributed by atoms with Crippen LogP contribution in [0.15, 0.2) is 12.4 Å². The Morgan fingerprint density at radius 3 is 2.11 bits per heavy atom. The molecule has 0 bridgehead atoms. The standard InChI is InChI=1S/C15H28N4/c1-6-7-16-14-8-15(19-10-18-14)17-9-13(11(2)3)12(4)5/h8,10-13H,6-7,9H2,1-5H3,(H2,16,17,18,19). The molecule has 1 aromatic rings. The van der Waals surface area contributed by atoms with Gasteiger partial charge in [0.25, 0.3) is 0 Å². The maximum Gasteiger partial charge on any atom is 0.131 e. The lowest BCUT2D eigenvalue weighted by atomic mass is 9.85. The lowest BCUT2D eigenvalue weighted by Crippen LogP contribution is -2.24. The molecule has 0 radical (unpaired) electrons. The minimum atomic E-state index is 0.655. The first kappa shape index (κ1) is 15.7. The average molecular weight is 264 g/mol. The molecule has 4 heteroatoms. The molecule has 1 heterocycles. The van der Waals surface area contributed by atoms with Gasteiger partial charge in [-0.15, -0.1) is 0 Å². The summed E-state index contributed by atoms with van der Waals surface area (Å²) in [5.41, 5.74) is 0. The molecule has 0 amide bonds. The molecule has 0 saturated heterocycles. The largest absolute Gasteiger partial charge is 0.370 e. The summed E-state index contributed by atoms with van der Waals surface area (Å²) in [5, 5.41) is 6.71. The van der Waals surface area contributed by atoms with Crippen molar-refractivity contribution in [2.45, 2.75) is 41.0 Å². The SMILES string of the molecule is CCCNc1cc(NCC(C(C)C)C(C)C)ncn1. The van der Waals surface area contributed by atoms with Crippen molar-refractivity contribution in [1.82, 2.24) is 9.97 Å².